The number of thioether (sulfide) groups is 1. The summed E-state index contributed by atoms with van der Waals surface area (Å²) in [6.45, 7) is 2.54. The number of Topliss-reactive ketones (excluding diaryl/α,β-unsaturated/α-hetero) is 1. The molecule has 112 valence electrons. The van der Waals surface area contributed by atoms with Gasteiger partial charge in [-0.2, -0.15) is 0 Å². The van der Waals surface area contributed by atoms with Gasteiger partial charge in [0.1, 0.15) is 0 Å². The van der Waals surface area contributed by atoms with Gasteiger partial charge in [0.15, 0.2) is 10.9 Å². The average molecular weight is 346 g/mol. The van der Waals surface area contributed by atoms with Gasteiger partial charge >= 0.3 is 5.69 Å². The molecule has 5 nitrogen and oxygen atoms in total. The van der Waals surface area contributed by atoms with E-state index in [1.807, 2.05) is 6.92 Å². The third kappa shape index (κ3) is 3.90. The number of aromatic amines is 1. The summed E-state index contributed by atoms with van der Waals surface area (Å²) in [5.74, 6) is 0.0726. The zero-order chi connectivity index (χ0) is 15.4. The maximum Gasteiger partial charge on any atom is 0.343 e. The van der Waals surface area contributed by atoms with Crippen molar-refractivity contribution in [2.24, 2.45) is 0 Å². The van der Waals surface area contributed by atoms with Gasteiger partial charge in [-0.25, -0.2) is 9.89 Å². The van der Waals surface area contributed by atoms with Crippen LogP contribution in [0, 0.1) is 0 Å². The van der Waals surface area contributed by atoms with E-state index in [2.05, 4.69) is 10.2 Å². The van der Waals surface area contributed by atoms with Crippen molar-refractivity contribution in [2.75, 3.05) is 5.75 Å². The number of hydrogen-bond acceptors (Lipinski definition) is 4. The lowest BCUT2D eigenvalue weighted by Crippen LogP contribution is -2.17. The highest BCUT2D eigenvalue weighted by molar-refractivity contribution is 7.99. The number of benzene rings is 1. The number of ketones is 1. The lowest BCUT2D eigenvalue weighted by atomic mass is 10.1. The molecule has 1 heterocycles. The van der Waals surface area contributed by atoms with Gasteiger partial charge in [-0.3, -0.25) is 9.36 Å². The topological polar surface area (TPSA) is 67.8 Å². The number of carbonyl (C=O) groups excluding carboxylic acids is 1. The fraction of sp³-hybridized carbons (Fsp3) is 0.308. The Morgan fingerprint density at radius 2 is 2.14 bits per heavy atom. The van der Waals surface area contributed by atoms with E-state index < -0.39 is 0 Å². The molecule has 0 fully saturated rings. The number of H-pyrrole nitrogens is 1. The van der Waals surface area contributed by atoms with E-state index in [0.29, 0.717) is 27.3 Å². The molecule has 0 bridgehead atoms. The Balaban J connectivity index is 2.07. The van der Waals surface area contributed by atoms with E-state index in [4.69, 9.17) is 23.2 Å². The van der Waals surface area contributed by atoms with Crippen molar-refractivity contribution in [3.8, 4) is 0 Å². The van der Waals surface area contributed by atoms with Gasteiger partial charge < -0.3 is 0 Å². The molecule has 0 spiro atoms. The van der Waals surface area contributed by atoms with Crippen molar-refractivity contribution in [1.82, 2.24) is 14.8 Å². The van der Waals surface area contributed by atoms with Crippen LogP contribution in [-0.4, -0.2) is 26.3 Å². The normalized spacial score (nSPS) is 10.8. The molecule has 0 aliphatic rings. The first-order valence-corrected chi connectivity index (χ1v) is 8.03. The molecule has 0 saturated heterocycles. The molecule has 0 saturated carbocycles. The van der Waals surface area contributed by atoms with E-state index in [1.54, 1.807) is 12.1 Å². The van der Waals surface area contributed by atoms with Crippen molar-refractivity contribution in [3.05, 3.63) is 44.3 Å². The van der Waals surface area contributed by atoms with E-state index in [-0.39, 0.29) is 17.2 Å². The van der Waals surface area contributed by atoms with Gasteiger partial charge in [0.25, 0.3) is 0 Å². The first kappa shape index (κ1) is 16.1. The molecule has 0 amide bonds. The molecule has 2 aromatic rings. The molecular formula is C13H13Cl2N3O2S. The Morgan fingerprint density at radius 3 is 2.81 bits per heavy atom. The number of rotatable bonds is 6. The van der Waals surface area contributed by atoms with Crippen molar-refractivity contribution in [2.45, 2.75) is 25.0 Å². The number of hydrogen-bond donors (Lipinski definition) is 1. The molecule has 1 aromatic carbocycles. The highest BCUT2D eigenvalue weighted by Gasteiger charge is 2.13. The summed E-state index contributed by atoms with van der Waals surface area (Å²) in [5.41, 5.74) is 0.221. The van der Waals surface area contributed by atoms with Crippen LogP contribution in [0.4, 0.5) is 0 Å². The average Bonchev–Trinajstić information content (AvgIpc) is 2.81. The van der Waals surface area contributed by atoms with Gasteiger partial charge in [-0.15, -0.1) is 5.10 Å². The summed E-state index contributed by atoms with van der Waals surface area (Å²) in [5, 5.41) is 7.57. The first-order chi connectivity index (χ1) is 10.0. The lowest BCUT2D eigenvalue weighted by molar-refractivity contribution is 0.102. The SMILES string of the molecule is CCCn1c(SCC(=O)c2ccc(Cl)c(Cl)c2)n[nH]c1=O. The molecule has 2 rings (SSSR count). The van der Waals surface area contributed by atoms with Crippen LogP contribution in [0.2, 0.25) is 10.0 Å². The van der Waals surface area contributed by atoms with Gasteiger partial charge in [-0.05, 0) is 24.6 Å². The lowest BCUT2D eigenvalue weighted by Gasteiger charge is -2.04. The quantitative estimate of drug-likeness (QED) is 0.644. The smallest absolute Gasteiger partial charge is 0.293 e. The predicted molar refractivity (Wildman–Crippen MR) is 84.7 cm³/mol. The molecule has 0 unspecified atom stereocenters. The van der Waals surface area contributed by atoms with Gasteiger partial charge in [0, 0.05) is 12.1 Å². The van der Waals surface area contributed by atoms with Crippen LogP contribution in [-0.2, 0) is 6.54 Å². The third-order valence-corrected chi connectivity index (χ3v) is 4.46. The first-order valence-electron chi connectivity index (χ1n) is 6.29. The molecule has 1 aromatic heterocycles. The number of halogens is 2. The van der Waals surface area contributed by atoms with Gasteiger partial charge in [0.2, 0.25) is 0 Å². The number of nitrogens with zero attached hydrogens (tertiary/aromatic N) is 2. The van der Waals surface area contributed by atoms with Crippen LogP contribution in [0.1, 0.15) is 23.7 Å². The van der Waals surface area contributed by atoms with E-state index in [9.17, 15) is 9.59 Å². The zero-order valence-electron chi connectivity index (χ0n) is 11.2. The molecule has 0 radical (unpaired) electrons. The minimum atomic E-state index is -0.263. The van der Waals surface area contributed by atoms with Crippen LogP contribution < -0.4 is 5.69 Å². The molecule has 21 heavy (non-hydrogen) atoms. The summed E-state index contributed by atoms with van der Waals surface area (Å²) < 4.78 is 1.52. The molecule has 0 aliphatic heterocycles. The van der Waals surface area contributed by atoms with Crippen molar-refractivity contribution >= 4 is 40.7 Å². The number of aromatic nitrogens is 3. The fourth-order valence-corrected chi connectivity index (χ4v) is 2.88. The Kier molecular flexibility index (Phi) is 5.50. The monoisotopic (exact) mass is 345 g/mol. The fourth-order valence-electron chi connectivity index (χ4n) is 1.72. The molecular weight excluding hydrogens is 333 g/mol. The second kappa shape index (κ2) is 7.15. The maximum atomic E-state index is 12.1. The minimum absolute atomic E-state index is 0.0999. The van der Waals surface area contributed by atoms with Crippen LogP contribution >= 0.6 is 35.0 Å². The number of nitrogens with one attached hydrogen (secondary N) is 1. The molecule has 1 N–H and O–H groups in total. The molecule has 0 atom stereocenters. The highest BCUT2D eigenvalue weighted by Crippen LogP contribution is 2.24. The second-order valence-electron chi connectivity index (χ2n) is 4.30. The van der Waals surface area contributed by atoms with Crippen LogP contribution in [0.15, 0.2) is 28.2 Å². The predicted octanol–water partition coefficient (Wildman–Crippen LogP) is 3.26. The number of carbonyl (C=O) groups is 1. The maximum absolute atomic E-state index is 12.1. The highest BCUT2D eigenvalue weighted by atomic mass is 35.5. The van der Waals surface area contributed by atoms with E-state index >= 15 is 0 Å². The van der Waals surface area contributed by atoms with Crippen molar-refractivity contribution < 1.29 is 4.79 Å². The summed E-state index contributed by atoms with van der Waals surface area (Å²) in [7, 11) is 0. The second-order valence-corrected chi connectivity index (χ2v) is 6.06. The van der Waals surface area contributed by atoms with Crippen LogP contribution in [0.5, 0.6) is 0 Å². The van der Waals surface area contributed by atoms with Crippen LogP contribution in [0.25, 0.3) is 0 Å². The Bertz CT molecular complexity index is 712. The molecule has 8 heteroatoms. The van der Waals surface area contributed by atoms with E-state index in [1.165, 1.54) is 22.4 Å². The van der Waals surface area contributed by atoms with Crippen LogP contribution in [0.3, 0.4) is 0 Å². The van der Waals surface area contributed by atoms with Gasteiger partial charge in [-0.1, -0.05) is 41.9 Å². The Labute approximate surface area is 135 Å². The largest absolute Gasteiger partial charge is 0.343 e. The minimum Gasteiger partial charge on any atom is -0.293 e. The Hall–Kier alpha value is -1.24. The van der Waals surface area contributed by atoms with Crippen molar-refractivity contribution in [1.29, 1.82) is 0 Å². The molecule has 0 aliphatic carbocycles. The van der Waals surface area contributed by atoms with Crippen molar-refractivity contribution in [3.63, 3.8) is 0 Å². The zero-order valence-corrected chi connectivity index (χ0v) is 13.6. The summed E-state index contributed by atoms with van der Waals surface area (Å²) >= 11 is 12.9. The third-order valence-electron chi connectivity index (χ3n) is 2.74. The van der Waals surface area contributed by atoms with Gasteiger partial charge in [0.05, 0.1) is 15.8 Å². The standard InChI is InChI=1S/C13H13Cl2N3O2S/c1-2-5-18-12(20)16-17-13(18)21-7-11(19)8-3-4-9(14)10(15)6-8/h3-4,6H,2,5,7H2,1H3,(H,16,20). The summed E-state index contributed by atoms with van der Waals surface area (Å²) in [4.78, 5) is 23.7. The summed E-state index contributed by atoms with van der Waals surface area (Å²) in [6, 6.07) is 4.75. The Morgan fingerprint density at radius 1 is 1.38 bits per heavy atom. The van der Waals surface area contributed by atoms with E-state index in [0.717, 1.165) is 6.42 Å². The summed E-state index contributed by atoms with van der Waals surface area (Å²) in [6.07, 6.45) is 0.813.